The number of carbonyl (C=O) groups is 2. The number of pyridine rings is 1. The molecule has 0 fully saturated rings. The standard InChI is InChI=1S/C22H15FN4O3/c1-13(28)17-11-8-15(12-24-17)25-21(29)20-22(30-16-9-6-14(23)7-10-16)27-19-5-3-2-4-18(19)26-20/h2-12H,1H3,(H,25,29). The van der Waals surface area contributed by atoms with Gasteiger partial charge in [-0.2, -0.15) is 0 Å². The van der Waals surface area contributed by atoms with Crippen LogP contribution < -0.4 is 10.1 Å². The first kappa shape index (κ1) is 19.1. The van der Waals surface area contributed by atoms with Crippen LogP contribution in [0.15, 0.2) is 66.9 Å². The van der Waals surface area contributed by atoms with Crippen LogP contribution in [-0.2, 0) is 0 Å². The van der Waals surface area contributed by atoms with Crippen molar-refractivity contribution in [3.8, 4) is 11.6 Å². The van der Waals surface area contributed by atoms with Gasteiger partial charge in [0.05, 0.1) is 22.9 Å². The second-order valence-corrected chi connectivity index (χ2v) is 6.36. The van der Waals surface area contributed by atoms with Crippen molar-refractivity contribution in [1.29, 1.82) is 0 Å². The van der Waals surface area contributed by atoms with Gasteiger partial charge < -0.3 is 10.1 Å². The first-order valence-electron chi connectivity index (χ1n) is 8.98. The topological polar surface area (TPSA) is 94.1 Å². The van der Waals surface area contributed by atoms with Gasteiger partial charge in [0.25, 0.3) is 11.8 Å². The maximum Gasteiger partial charge on any atom is 0.279 e. The molecular weight excluding hydrogens is 387 g/mol. The molecule has 8 heteroatoms. The average Bonchev–Trinajstić information content (AvgIpc) is 2.75. The van der Waals surface area contributed by atoms with Crippen molar-refractivity contribution < 1.29 is 18.7 Å². The fraction of sp³-hybridized carbons (Fsp3) is 0.0455. The molecule has 0 atom stereocenters. The second-order valence-electron chi connectivity index (χ2n) is 6.36. The van der Waals surface area contributed by atoms with Gasteiger partial charge in [0.1, 0.15) is 17.3 Å². The quantitative estimate of drug-likeness (QED) is 0.497. The van der Waals surface area contributed by atoms with Gasteiger partial charge in [-0.05, 0) is 48.5 Å². The molecule has 7 nitrogen and oxygen atoms in total. The van der Waals surface area contributed by atoms with Crippen molar-refractivity contribution >= 4 is 28.4 Å². The van der Waals surface area contributed by atoms with E-state index >= 15 is 0 Å². The van der Waals surface area contributed by atoms with Crippen LogP contribution in [0.2, 0.25) is 0 Å². The molecule has 0 aliphatic rings. The number of ketones is 1. The number of hydrogen-bond donors (Lipinski definition) is 1. The lowest BCUT2D eigenvalue weighted by molar-refractivity contribution is 0.100. The Bertz CT molecular complexity index is 1240. The van der Waals surface area contributed by atoms with E-state index in [0.717, 1.165) is 0 Å². The summed E-state index contributed by atoms with van der Waals surface area (Å²) in [6.07, 6.45) is 1.38. The molecule has 1 N–H and O–H groups in total. The molecule has 0 aliphatic carbocycles. The molecule has 0 saturated heterocycles. The summed E-state index contributed by atoms with van der Waals surface area (Å²) in [5, 5.41) is 2.67. The maximum absolute atomic E-state index is 13.2. The summed E-state index contributed by atoms with van der Waals surface area (Å²) in [5.41, 5.74) is 1.68. The third-order valence-electron chi connectivity index (χ3n) is 4.16. The lowest BCUT2D eigenvalue weighted by Crippen LogP contribution is -2.16. The minimum Gasteiger partial charge on any atom is -0.437 e. The first-order valence-corrected chi connectivity index (χ1v) is 8.98. The normalized spacial score (nSPS) is 10.6. The molecule has 0 aliphatic heterocycles. The molecule has 0 saturated carbocycles. The molecule has 30 heavy (non-hydrogen) atoms. The minimum absolute atomic E-state index is 0.0221. The van der Waals surface area contributed by atoms with Gasteiger partial charge in [-0.1, -0.05) is 12.1 Å². The van der Waals surface area contributed by atoms with Crippen LogP contribution in [0.25, 0.3) is 11.0 Å². The number of anilines is 1. The Morgan fingerprint density at radius 1 is 0.933 bits per heavy atom. The Balaban J connectivity index is 1.69. The second kappa shape index (κ2) is 8.04. The molecule has 2 heterocycles. The van der Waals surface area contributed by atoms with Crippen LogP contribution in [0.1, 0.15) is 27.9 Å². The van der Waals surface area contributed by atoms with E-state index in [2.05, 4.69) is 20.3 Å². The van der Waals surface area contributed by atoms with Gasteiger partial charge in [0.2, 0.25) is 0 Å². The Labute approximate surface area is 170 Å². The molecule has 0 spiro atoms. The molecule has 2 aromatic carbocycles. The molecule has 148 valence electrons. The average molecular weight is 402 g/mol. The van der Waals surface area contributed by atoms with Crippen molar-refractivity contribution in [1.82, 2.24) is 15.0 Å². The number of halogens is 1. The van der Waals surface area contributed by atoms with Gasteiger partial charge in [0.15, 0.2) is 11.5 Å². The van der Waals surface area contributed by atoms with E-state index in [1.165, 1.54) is 43.5 Å². The van der Waals surface area contributed by atoms with Crippen molar-refractivity contribution in [2.75, 3.05) is 5.32 Å². The lowest BCUT2D eigenvalue weighted by atomic mass is 10.2. The number of hydrogen-bond acceptors (Lipinski definition) is 6. The fourth-order valence-corrected chi connectivity index (χ4v) is 2.68. The van der Waals surface area contributed by atoms with Crippen molar-refractivity contribution in [3.05, 3.63) is 84.1 Å². The highest BCUT2D eigenvalue weighted by molar-refractivity contribution is 6.05. The smallest absolute Gasteiger partial charge is 0.279 e. The number of carbonyl (C=O) groups excluding carboxylic acids is 2. The number of aromatic nitrogens is 3. The van der Waals surface area contributed by atoms with Crippen LogP contribution in [0.3, 0.4) is 0 Å². The van der Waals surface area contributed by atoms with E-state index in [1.807, 2.05) is 0 Å². The van der Waals surface area contributed by atoms with Crippen LogP contribution in [0.5, 0.6) is 11.6 Å². The zero-order valence-corrected chi connectivity index (χ0v) is 15.8. The molecule has 0 bridgehead atoms. The van der Waals surface area contributed by atoms with Gasteiger partial charge in [-0.3, -0.25) is 14.6 Å². The Morgan fingerprint density at radius 2 is 1.63 bits per heavy atom. The lowest BCUT2D eigenvalue weighted by Gasteiger charge is -2.11. The molecule has 0 radical (unpaired) electrons. The van der Waals surface area contributed by atoms with E-state index in [0.29, 0.717) is 28.2 Å². The molecule has 0 unspecified atom stereocenters. The van der Waals surface area contributed by atoms with Crippen molar-refractivity contribution in [2.24, 2.45) is 0 Å². The highest BCUT2D eigenvalue weighted by Gasteiger charge is 2.19. The number of ether oxygens (including phenoxy) is 1. The Kier molecular flexibility index (Phi) is 5.13. The monoisotopic (exact) mass is 402 g/mol. The molecule has 1 amide bonds. The van der Waals surface area contributed by atoms with Crippen LogP contribution in [0, 0.1) is 5.82 Å². The number of para-hydroxylation sites is 2. The molecule has 2 aromatic heterocycles. The summed E-state index contributed by atoms with van der Waals surface area (Å²) < 4.78 is 18.9. The maximum atomic E-state index is 13.2. The van der Waals surface area contributed by atoms with Crippen molar-refractivity contribution in [3.63, 3.8) is 0 Å². The van der Waals surface area contributed by atoms with Gasteiger partial charge in [-0.15, -0.1) is 0 Å². The van der Waals surface area contributed by atoms with Gasteiger partial charge in [-0.25, -0.2) is 14.4 Å². The number of nitrogens with one attached hydrogen (secondary N) is 1. The number of fused-ring (bicyclic) bond motifs is 1. The SMILES string of the molecule is CC(=O)c1ccc(NC(=O)c2nc3ccccc3nc2Oc2ccc(F)cc2)cn1. The zero-order chi connectivity index (χ0) is 21.1. The third-order valence-corrected chi connectivity index (χ3v) is 4.16. The predicted octanol–water partition coefficient (Wildman–Crippen LogP) is 4.41. The Hall–Kier alpha value is -4.20. The fourth-order valence-electron chi connectivity index (χ4n) is 2.68. The van der Waals surface area contributed by atoms with E-state index in [4.69, 9.17) is 4.74 Å². The first-order chi connectivity index (χ1) is 14.5. The summed E-state index contributed by atoms with van der Waals surface area (Å²) >= 11 is 0. The minimum atomic E-state index is -0.567. The summed E-state index contributed by atoms with van der Waals surface area (Å²) in [7, 11) is 0. The van der Waals surface area contributed by atoms with Gasteiger partial charge in [0, 0.05) is 6.92 Å². The van der Waals surface area contributed by atoms with E-state index in [1.54, 1.807) is 30.3 Å². The molecule has 4 aromatic rings. The number of amides is 1. The number of rotatable bonds is 5. The van der Waals surface area contributed by atoms with E-state index in [-0.39, 0.29) is 17.4 Å². The van der Waals surface area contributed by atoms with Crippen molar-refractivity contribution in [2.45, 2.75) is 6.92 Å². The largest absolute Gasteiger partial charge is 0.437 e. The van der Waals surface area contributed by atoms with Crippen LogP contribution in [-0.4, -0.2) is 26.6 Å². The summed E-state index contributed by atoms with van der Waals surface area (Å²) in [6, 6.07) is 15.5. The summed E-state index contributed by atoms with van der Waals surface area (Å²) in [4.78, 5) is 37.0. The van der Waals surface area contributed by atoms with Crippen LogP contribution in [0.4, 0.5) is 10.1 Å². The Morgan fingerprint density at radius 3 is 2.27 bits per heavy atom. The van der Waals surface area contributed by atoms with E-state index < -0.39 is 11.7 Å². The number of benzene rings is 2. The summed E-state index contributed by atoms with van der Waals surface area (Å²) in [6.45, 7) is 1.41. The molecular formula is C22H15FN4O3. The summed E-state index contributed by atoms with van der Waals surface area (Å²) in [5.74, 6) is -0.869. The number of Topliss-reactive ketones (excluding diaryl/α,β-unsaturated/α-hetero) is 1. The molecule has 4 rings (SSSR count). The van der Waals surface area contributed by atoms with E-state index in [9.17, 15) is 14.0 Å². The third kappa shape index (κ3) is 4.12. The van der Waals surface area contributed by atoms with Gasteiger partial charge >= 0.3 is 0 Å². The highest BCUT2D eigenvalue weighted by Crippen LogP contribution is 2.26. The predicted molar refractivity (Wildman–Crippen MR) is 108 cm³/mol. The van der Waals surface area contributed by atoms with Crippen LogP contribution >= 0.6 is 0 Å². The highest BCUT2D eigenvalue weighted by atomic mass is 19.1. The zero-order valence-electron chi connectivity index (χ0n) is 15.8. The number of nitrogens with zero attached hydrogens (tertiary/aromatic N) is 3.